The highest BCUT2D eigenvalue weighted by Crippen LogP contribution is 2.25. The Morgan fingerprint density at radius 1 is 0.800 bits per heavy atom. The largest absolute Gasteiger partial charge is 0.328 e. The van der Waals surface area contributed by atoms with Crippen molar-refractivity contribution >= 4 is 17.5 Å². The first kappa shape index (κ1) is 22.3. The van der Waals surface area contributed by atoms with E-state index in [0.717, 1.165) is 21.2 Å². The number of carbonyl (C=O) groups excluding carboxylic acids is 2. The molecular formula is C23H23N3O4. The monoisotopic (exact) mass is 405 g/mol. The third-order valence-corrected chi connectivity index (χ3v) is 4.26. The normalized spacial score (nSPS) is 11.7. The summed E-state index contributed by atoms with van der Waals surface area (Å²) < 4.78 is 0.966. The molecule has 0 aliphatic carbocycles. The molecule has 1 aromatic heterocycles. The number of carbonyl (C=O) groups is 2. The van der Waals surface area contributed by atoms with Gasteiger partial charge >= 0.3 is 5.69 Å². The summed E-state index contributed by atoms with van der Waals surface area (Å²) in [5.74, 6) is -1.16. The molecule has 2 aromatic carbocycles. The van der Waals surface area contributed by atoms with Crippen molar-refractivity contribution in [3.05, 3.63) is 111 Å². The summed E-state index contributed by atoms with van der Waals surface area (Å²) in [4.78, 5) is 53.3. The molecule has 7 heteroatoms. The average molecular weight is 405 g/mol. The first-order chi connectivity index (χ1) is 14.6. The van der Waals surface area contributed by atoms with Gasteiger partial charge < -0.3 is 4.98 Å². The van der Waals surface area contributed by atoms with Crippen LogP contribution in [0.1, 0.15) is 40.1 Å². The summed E-state index contributed by atoms with van der Waals surface area (Å²) in [6.45, 7) is 10.0. The Morgan fingerprint density at radius 3 is 1.83 bits per heavy atom. The van der Waals surface area contributed by atoms with Crippen LogP contribution < -0.4 is 16.1 Å². The lowest BCUT2D eigenvalue weighted by atomic mass is 10.1. The van der Waals surface area contributed by atoms with Crippen molar-refractivity contribution in [1.29, 1.82) is 0 Å². The Bertz CT molecular complexity index is 1130. The van der Waals surface area contributed by atoms with Gasteiger partial charge in [-0.1, -0.05) is 56.3 Å². The van der Waals surface area contributed by atoms with Gasteiger partial charge in [0.15, 0.2) is 0 Å². The van der Waals surface area contributed by atoms with E-state index in [1.165, 1.54) is 12.1 Å². The number of aromatic amines is 1. The van der Waals surface area contributed by atoms with Crippen molar-refractivity contribution in [2.24, 2.45) is 0 Å². The molecule has 3 aromatic rings. The Kier molecular flexibility index (Phi) is 7.41. The fraction of sp³-hybridized carbons (Fsp3) is 0.130. The van der Waals surface area contributed by atoms with Gasteiger partial charge in [0.05, 0.1) is 17.7 Å². The summed E-state index contributed by atoms with van der Waals surface area (Å²) in [5, 5.41) is 0. The Balaban J connectivity index is 0.000000757. The highest BCUT2D eigenvalue weighted by Gasteiger charge is 2.38. The number of nitrogens with zero attached hydrogens (tertiary/aromatic N) is 2. The van der Waals surface area contributed by atoms with E-state index in [2.05, 4.69) is 18.1 Å². The summed E-state index contributed by atoms with van der Waals surface area (Å²) in [5.41, 5.74) is -0.270. The van der Waals surface area contributed by atoms with E-state index in [4.69, 9.17) is 0 Å². The first-order valence-electron chi connectivity index (χ1n) is 9.42. The minimum absolute atomic E-state index is 0.0337. The number of fused-ring (bicyclic) bond motifs is 1. The molecular weight excluding hydrogens is 382 g/mol. The van der Waals surface area contributed by atoms with Crippen LogP contribution in [0.25, 0.3) is 0 Å². The average Bonchev–Trinajstić information content (AvgIpc) is 3.05. The van der Waals surface area contributed by atoms with Crippen molar-refractivity contribution in [2.45, 2.75) is 20.4 Å². The Labute approximate surface area is 173 Å². The predicted octanol–water partition coefficient (Wildman–Crippen LogP) is 3.21. The van der Waals surface area contributed by atoms with Crippen LogP contribution in [0.15, 0.2) is 83.5 Å². The number of benzene rings is 2. The lowest BCUT2D eigenvalue weighted by Gasteiger charge is -2.14. The van der Waals surface area contributed by atoms with Crippen LogP contribution in [0.5, 0.6) is 0 Å². The number of imide groups is 1. The van der Waals surface area contributed by atoms with Gasteiger partial charge in [0, 0.05) is 6.20 Å². The molecule has 0 spiro atoms. The molecule has 0 atom stereocenters. The number of anilines is 1. The zero-order chi connectivity index (χ0) is 22.3. The molecule has 0 saturated heterocycles. The number of hydrogen-bond acceptors (Lipinski definition) is 4. The Morgan fingerprint density at radius 2 is 1.30 bits per heavy atom. The molecule has 0 saturated carbocycles. The summed E-state index contributed by atoms with van der Waals surface area (Å²) >= 11 is 0. The predicted molar refractivity (Wildman–Crippen MR) is 117 cm³/mol. The third-order valence-electron chi connectivity index (χ3n) is 4.26. The van der Waals surface area contributed by atoms with Gasteiger partial charge in [0.1, 0.15) is 5.69 Å². The third kappa shape index (κ3) is 4.05. The minimum Gasteiger partial charge on any atom is -0.312 e. The zero-order valence-corrected chi connectivity index (χ0v) is 16.9. The molecule has 1 aliphatic heterocycles. The Hall–Kier alpha value is -4.00. The second-order valence-electron chi connectivity index (χ2n) is 5.85. The lowest BCUT2D eigenvalue weighted by Crippen LogP contribution is -2.41. The SMILES string of the molecule is C=C.CC.O=C1c2ccccc2C(=O)N1c1c[nH]c(=O)n(Cc2ccccc2)c1=O. The number of H-pyrrole nitrogens is 1. The molecule has 2 heterocycles. The van der Waals surface area contributed by atoms with Crippen LogP contribution >= 0.6 is 0 Å². The fourth-order valence-corrected chi connectivity index (χ4v) is 2.98. The molecule has 154 valence electrons. The van der Waals surface area contributed by atoms with Gasteiger partial charge in [-0.2, -0.15) is 0 Å². The molecule has 1 N–H and O–H groups in total. The number of hydrogen-bond donors (Lipinski definition) is 1. The molecule has 30 heavy (non-hydrogen) atoms. The maximum absolute atomic E-state index is 12.8. The van der Waals surface area contributed by atoms with Gasteiger partial charge in [-0.3, -0.25) is 19.0 Å². The van der Waals surface area contributed by atoms with Crippen LogP contribution in [-0.4, -0.2) is 21.4 Å². The second kappa shape index (κ2) is 9.97. The van der Waals surface area contributed by atoms with Crippen LogP contribution in [-0.2, 0) is 6.54 Å². The quantitative estimate of drug-likeness (QED) is 0.535. The van der Waals surface area contributed by atoms with Crippen molar-refractivity contribution < 1.29 is 9.59 Å². The molecule has 0 unspecified atom stereocenters. The summed E-state index contributed by atoms with van der Waals surface area (Å²) in [6, 6.07) is 15.3. The van der Waals surface area contributed by atoms with E-state index < -0.39 is 23.1 Å². The highest BCUT2D eigenvalue weighted by atomic mass is 16.2. The van der Waals surface area contributed by atoms with Crippen molar-refractivity contribution in [2.75, 3.05) is 4.90 Å². The van der Waals surface area contributed by atoms with Crippen molar-refractivity contribution in [3.8, 4) is 0 Å². The summed E-state index contributed by atoms with van der Waals surface area (Å²) in [7, 11) is 0. The molecule has 4 rings (SSSR count). The van der Waals surface area contributed by atoms with Crippen LogP contribution in [0.3, 0.4) is 0 Å². The van der Waals surface area contributed by atoms with Gasteiger partial charge in [-0.25, -0.2) is 9.69 Å². The molecule has 7 nitrogen and oxygen atoms in total. The molecule has 2 amide bonds. The van der Waals surface area contributed by atoms with E-state index >= 15 is 0 Å². The van der Waals surface area contributed by atoms with E-state index in [1.807, 2.05) is 19.9 Å². The van der Waals surface area contributed by atoms with Gasteiger partial charge in [0.25, 0.3) is 17.4 Å². The van der Waals surface area contributed by atoms with E-state index in [1.54, 1.807) is 36.4 Å². The van der Waals surface area contributed by atoms with Gasteiger partial charge in [-0.05, 0) is 17.7 Å². The molecule has 0 radical (unpaired) electrons. The summed E-state index contributed by atoms with van der Waals surface area (Å²) in [6.07, 6.45) is 1.10. The first-order valence-corrected chi connectivity index (χ1v) is 9.42. The second-order valence-corrected chi connectivity index (χ2v) is 5.85. The van der Waals surface area contributed by atoms with Crippen LogP contribution in [0.4, 0.5) is 5.69 Å². The van der Waals surface area contributed by atoms with Crippen LogP contribution in [0, 0.1) is 0 Å². The topological polar surface area (TPSA) is 92.2 Å². The van der Waals surface area contributed by atoms with E-state index in [-0.39, 0.29) is 23.4 Å². The fourth-order valence-electron chi connectivity index (χ4n) is 2.98. The zero-order valence-electron chi connectivity index (χ0n) is 16.9. The van der Waals surface area contributed by atoms with Gasteiger partial charge in [0.2, 0.25) is 0 Å². The maximum atomic E-state index is 12.8. The maximum Gasteiger partial charge on any atom is 0.328 e. The van der Waals surface area contributed by atoms with E-state index in [0.29, 0.717) is 0 Å². The number of amides is 2. The van der Waals surface area contributed by atoms with E-state index in [9.17, 15) is 19.2 Å². The number of rotatable bonds is 3. The molecule has 0 fully saturated rings. The smallest absolute Gasteiger partial charge is 0.312 e. The van der Waals surface area contributed by atoms with Crippen molar-refractivity contribution in [1.82, 2.24) is 9.55 Å². The van der Waals surface area contributed by atoms with Crippen LogP contribution in [0.2, 0.25) is 0 Å². The molecule has 0 bridgehead atoms. The highest BCUT2D eigenvalue weighted by molar-refractivity contribution is 6.34. The van der Waals surface area contributed by atoms with Gasteiger partial charge in [-0.15, -0.1) is 13.2 Å². The lowest BCUT2D eigenvalue weighted by molar-refractivity contribution is 0.0925. The minimum atomic E-state index is -0.702. The molecule has 1 aliphatic rings. The number of nitrogens with one attached hydrogen (secondary N) is 1. The number of aromatic nitrogens is 2. The standard InChI is InChI=1S/C19H13N3O4.C2H6.C2H4/c23-16-13-8-4-5-9-14(13)17(24)22(16)15-10-20-19(26)21(18(15)25)11-12-6-2-1-3-7-12;2*1-2/h1-10H,11H2,(H,20,26);1-2H3;1-2H2. The van der Waals surface area contributed by atoms with Crippen molar-refractivity contribution in [3.63, 3.8) is 0 Å².